The van der Waals surface area contributed by atoms with Crippen molar-refractivity contribution in [2.24, 2.45) is 0 Å². The molecule has 0 radical (unpaired) electrons. The quantitative estimate of drug-likeness (QED) is 0.681. The lowest BCUT2D eigenvalue weighted by atomic mass is 10.2. The van der Waals surface area contributed by atoms with Gasteiger partial charge >= 0.3 is 0 Å². The molecular formula is C15H15N3O2. The highest BCUT2D eigenvalue weighted by Gasteiger charge is 2.04. The summed E-state index contributed by atoms with van der Waals surface area (Å²) in [6, 6.07) is 11.3. The van der Waals surface area contributed by atoms with Gasteiger partial charge in [0.05, 0.1) is 24.5 Å². The number of ether oxygens (including phenoxy) is 1. The first-order chi connectivity index (χ1) is 9.78. The maximum absolute atomic E-state index is 9.76. The van der Waals surface area contributed by atoms with Crippen LogP contribution in [0.5, 0.6) is 11.5 Å². The number of para-hydroxylation sites is 1. The van der Waals surface area contributed by atoms with Crippen molar-refractivity contribution >= 4 is 16.6 Å². The van der Waals surface area contributed by atoms with E-state index < -0.39 is 0 Å². The summed E-state index contributed by atoms with van der Waals surface area (Å²) in [5.74, 6) is 0.621. The van der Waals surface area contributed by atoms with Crippen LogP contribution in [0.4, 0.5) is 5.69 Å². The number of nitrogens with one attached hydrogen (secondary N) is 2. The Balaban J connectivity index is 1.79. The van der Waals surface area contributed by atoms with Crippen LogP contribution in [0.25, 0.3) is 10.9 Å². The maximum atomic E-state index is 9.76. The third kappa shape index (κ3) is 2.25. The number of aromatic hydroxyl groups is 1. The predicted octanol–water partition coefficient (Wildman–Crippen LogP) is 2.89. The van der Waals surface area contributed by atoms with Gasteiger partial charge in [-0.1, -0.05) is 18.2 Å². The molecule has 0 unspecified atom stereocenters. The highest BCUT2D eigenvalue weighted by Crippen LogP contribution is 2.27. The molecule has 0 atom stereocenters. The van der Waals surface area contributed by atoms with Crippen LogP contribution in [-0.2, 0) is 6.54 Å². The monoisotopic (exact) mass is 269 g/mol. The highest BCUT2D eigenvalue weighted by molar-refractivity contribution is 5.89. The number of aromatic amines is 1. The van der Waals surface area contributed by atoms with E-state index in [2.05, 4.69) is 15.5 Å². The van der Waals surface area contributed by atoms with Gasteiger partial charge in [-0.05, 0) is 23.8 Å². The van der Waals surface area contributed by atoms with Gasteiger partial charge in [0, 0.05) is 11.9 Å². The second kappa shape index (κ2) is 5.13. The lowest BCUT2D eigenvalue weighted by Crippen LogP contribution is -2.00. The van der Waals surface area contributed by atoms with Crippen LogP contribution in [0.15, 0.2) is 42.6 Å². The van der Waals surface area contributed by atoms with Crippen molar-refractivity contribution in [3.8, 4) is 11.5 Å². The molecule has 0 aliphatic heterocycles. The van der Waals surface area contributed by atoms with Gasteiger partial charge < -0.3 is 15.2 Å². The molecule has 0 saturated carbocycles. The number of anilines is 1. The fourth-order valence-electron chi connectivity index (χ4n) is 2.16. The Morgan fingerprint density at radius 3 is 3.00 bits per heavy atom. The molecule has 0 aliphatic rings. The van der Waals surface area contributed by atoms with Gasteiger partial charge in [-0.15, -0.1) is 0 Å². The number of H-pyrrole nitrogens is 1. The highest BCUT2D eigenvalue weighted by atomic mass is 16.5. The van der Waals surface area contributed by atoms with Gasteiger partial charge in [0.25, 0.3) is 0 Å². The fourth-order valence-corrected chi connectivity index (χ4v) is 2.16. The fraction of sp³-hybridized carbons (Fsp3) is 0.133. The van der Waals surface area contributed by atoms with E-state index in [4.69, 9.17) is 4.74 Å². The van der Waals surface area contributed by atoms with Crippen molar-refractivity contribution in [1.82, 2.24) is 10.2 Å². The lowest BCUT2D eigenvalue weighted by Gasteiger charge is -2.09. The van der Waals surface area contributed by atoms with Gasteiger partial charge in [0.15, 0.2) is 11.5 Å². The van der Waals surface area contributed by atoms with Crippen LogP contribution in [0.1, 0.15) is 5.56 Å². The number of rotatable bonds is 4. The minimum Gasteiger partial charge on any atom is -0.504 e. The zero-order valence-electron chi connectivity index (χ0n) is 11.1. The Hall–Kier alpha value is -2.69. The molecule has 20 heavy (non-hydrogen) atoms. The molecule has 0 bridgehead atoms. The van der Waals surface area contributed by atoms with Gasteiger partial charge in [-0.25, -0.2) is 0 Å². The number of nitrogens with zero attached hydrogens (tertiary/aromatic N) is 1. The second-order valence-corrected chi connectivity index (χ2v) is 4.50. The van der Waals surface area contributed by atoms with E-state index in [9.17, 15) is 5.11 Å². The summed E-state index contributed by atoms with van der Waals surface area (Å²) in [4.78, 5) is 0. The molecule has 0 aliphatic carbocycles. The van der Waals surface area contributed by atoms with Gasteiger partial charge in [0.1, 0.15) is 0 Å². The first-order valence-corrected chi connectivity index (χ1v) is 6.30. The normalized spacial score (nSPS) is 10.7. The third-order valence-corrected chi connectivity index (χ3v) is 3.20. The Kier molecular flexibility index (Phi) is 3.16. The third-order valence-electron chi connectivity index (χ3n) is 3.20. The summed E-state index contributed by atoms with van der Waals surface area (Å²) in [6.07, 6.45) is 1.79. The summed E-state index contributed by atoms with van der Waals surface area (Å²) in [5, 5.41) is 21.2. The van der Waals surface area contributed by atoms with Crippen LogP contribution >= 0.6 is 0 Å². The summed E-state index contributed by atoms with van der Waals surface area (Å²) in [7, 11) is 1.53. The van der Waals surface area contributed by atoms with Crippen molar-refractivity contribution in [2.75, 3.05) is 12.4 Å². The van der Waals surface area contributed by atoms with Crippen molar-refractivity contribution in [3.63, 3.8) is 0 Å². The Labute approximate surface area is 116 Å². The molecule has 0 spiro atoms. The molecule has 0 saturated heterocycles. The number of methoxy groups -OCH3 is 1. The topological polar surface area (TPSA) is 70.2 Å². The summed E-state index contributed by atoms with van der Waals surface area (Å²) in [6.45, 7) is 0.607. The van der Waals surface area contributed by atoms with Gasteiger partial charge in [0.2, 0.25) is 0 Å². The van der Waals surface area contributed by atoms with E-state index in [0.717, 1.165) is 22.2 Å². The number of phenolic OH excluding ortho intramolecular Hbond substituents is 1. The standard InChI is InChI=1S/C15H15N3O2/c1-20-14-6-5-10(7-13(14)19)8-16-12-4-2-3-11-9-17-18-15(11)12/h2-7,9,16,19H,8H2,1H3,(H,17,18). The smallest absolute Gasteiger partial charge is 0.160 e. The van der Waals surface area contributed by atoms with Crippen molar-refractivity contribution in [1.29, 1.82) is 0 Å². The minimum absolute atomic E-state index is 0.145. The van der Waals surface area contributed by atoms with E-state index in [1.807, 2.05) is 24.3 Å². The average Bonchev–Trinajstić information content (AvgIpc) is 2.94. The number of aromatic nitrogens is 2. The van der Waals surface area contributed by atoms with Gasteiger partial charge in [-0.3, -0.25) is 5.10 Å². The number of hydrogen-bond acceptors (Lipinski definition) is 4. The van der Waals surface area contributed by atoms with Crippen LogP contribution in [-0.4, -0.2) is 22.4 Å². The first kappa shape index (κ1) is 12.3. The lowest BCUT2D eigenvalue weighted by molar-refractivity contribution is 0.373. The molecule has 102 valence electrons. The SMILES string of the molecule is COc1ccc(CNc2cccc3cn[nH]c23)cc1O. The zero-order chi connectivity index (χ0) is 13.9. The number of benzene rings is 2. The average molecular weight is 269 g/mol. The zero-order valence-corrected chi connectivity index (χ0v) is 11.1. The van der Waals surface area contributed by atoms with E-state index >= 15 is 0 Å². The number of fused-ring (bicyclic) bond motifs is 1. The molecule has 5 nitrogen and oxygen atoms in total. The predicted molar refractivity (Wildman–Crippen MR) is 78.1 cm³/mol. The molecule has 0 amide bonds. The van der Waals surface area contributed by atoms with Crippen LogP contribution in [0.2, 0.25) is 0 Å². The van der Waals surface area contributed by atoms with Crippen molar-refractivity contribution in [3.05, 3.63) is 48.2 Å². The van der Waals surface area contributed by atoms with E-state index in [-0.39, 0.29) is 5.75 Å². The molecule has 1 heterocycles. The van der Waals surface area contributed by atoms with Crippen LogP contribution in [0, 0.1) is 0 Å². The van der Waals surface area contributed by atoms with Gasteiger partial charge in [-0.2, -0.15) is 5.10 Å². The van der Waals surface area contributed by atoms with Crippen molar-refractivity contribution < 1.29 is 9.84 Å². The minimum atomic E-state index is 0.145. The molecule has 2 aromatic carbocycles. The molecule has 0 fully saturated rings. The van der Waals surface area contributed by atoms with E-state index in [1.54, 1.807) is 18.3 Å². The maximum Gasteiger partial charge on any atom is 0.160 e. The number of hydrogen-bond donors (Lipinski definition) is 3. The Morgan fingerprint density at radius 2 is 2.20 bits per heavy atom. The molecule has 3 rings (SSSR count). The molecule has 1 aromatic heterocycles. The summed E-state index contributed by atoms with van der Waals surface area (Å²) >= 11 is 0. The molecule has 3 aromatic rings. The largest absolute Gasteiger partial charge is 0.504 e. The molecule has 3 N–H and O–H groups in total. The van der Waals surface area contributed by atoms with Crippen LogP contribution < -0.4 is 10.1 Å². The van der Waals surface area contributed by atoms with E-state index in [1.165, 1.54) is 7.11 Å². The number of phenols is 1. The first-order valence-electron chi connectivity index (χ1n) is 6.30. The Bertz CT molecular complexity index is 737. The van der Waals surface area contributed by atoms with Crippen LogP contribution in [0.3, 0.4) is 0 Å². The summed E-state index contributed by atoms with van der Waals surface area (Å²) in [5.41, 5.74) is 2.93. The Morgan fingerprint density at radius 1 is 1.30 bits per heavy atom. The summed E-state index contributed by atoms with van der Waals surface area (Å²) < 4.78 is 5.03. The molecule has 5 heteroatoms. The van der Waals surface area contributed by atoms with Crippen molar-refractivity contribution in [2.45, 2.75) is 6.54 Å². The second-order valence-electron chi connectivity index (χ2n) is 4.50. The molecular weight excluding hydrogens is 254 g/mol. The van der Waals surface area contributed by atoms with E-state index in [0.29, 0.717) is 12.3 Å².